The highest BCUT2D eigenvalue weighted by molar-refractivity contribution is 5.92. The molecule has 0 bridgehead atoms. The maximum absolute atomic E-state index is 12.9. The fourth-order valence-corrected chi connectivity index (χ4v) is 0.829. The van der Waals surface area contributed by atoms with Crippen molar-refractivity contribution in [2.45, 2.75) is 6.42 Å². The molecule has 0 aliphatic carbocycles. The van der Waals surface area contributed by atoms with Crippen LogP contribution in [0.3, 0.4) is 0 Å². The summed E-state index contributed by atoms with van der Waals surface area (Å²) in [6.45, 7) is 0. The maximum atomic E-state index is 12.9. The molecule has 1 aromatic rings. The second kappa shape index (κ2) is 4.21. The maximum Gasteiger partial charge on any atom is 0.238 e. The summed E-state index contributed by atoms with van der Waals surface area (Å²) in [5.41, 5.74) is 0.0998. The third kappa shape index (κ3) is 2.56. The predicted octanol–water partition coefficient (Wildman–Crippen LogP) is 1.68. The number of carbonyl (C=O) groups is 1. The SMILES string of the molecule is N#CCC(=O)Nc1ccccc1F. The van der Waals surface area contributed by atoms with E-state index in [-0.39, 0.29) is 12.1 Å². The summed E-state index contributed by atoms with van der Waals surface area (Å²) in [4.78, 5) is 10.9. The summed E-state index contributed by atoms with van der Waals surface area (Å²) in [6.07, 6.45) is -0.270. The highest BCUT2D eigenvalue weighted by atomic mass is 19.1. The van der Waals surface area contributed by atoms with Gasteiger partial charge in [-0.2, -0.15) is 5.26 Å². The first-order chi connectivity index (χ1) is 6.24. The molecule has 0 fully saturated rings. The standard InChI is InChI=1S/C9H7FN2O/c10-7-3-1-2-4-8(7)12-9(13)5-6-11/h1-4H,5H2,(H,12,13). The smallest absolute Gasteiger partial charge is 0.238 e. The summed E-state index contributed by atoms with van der Waals surface area (Å²) in [6, 6.07) is 7.47. The quantitative estimate of drug-likeness (QED) is 0.748. The molecule has 0 saturated carbocycles. The van der Waals surface area contributed by atoms with Crippen molar-refractivity contribution in [3.8, 4) is 6.07 Å². The second-order valence-corrected chi connectivity index (χ2v) is 2.36. The molecule has 1 rings (SSSR count). The highest BCUT2D eigenvalue weighted by Gasteiger charge is 2.04. The van der Waals surface area contributed by atoms with Crippen LogP contribution in [0.15, 0.2) is 24.3 Å². The molecule has 1 aromatic carbocycles. The van der Waals surface area contributed by atoms with E-state index < -0.39 is 11.7 Å². The van der Waals surface area contributed by atoms with Crippen molar-refractivity contribution < 1.29 is 9.18 Å². The molecule has 0 saturated heterocycles. The van der Waals surface area contributed by atoms with Gasteiger partial charge in [0.25, 0.3) is 0 Å². The number of hydrogen-bond acceptors (Lipinski definition) is 2. The average Bonchev–Trinajstić information content (AvgIpc) is 2.09. The fraction of sp³-hybridized carbons (Fsp3) is 0.111. The number of hydrogen-bond donors (Lipinski definition) is 1. The van der Waals surface area contributed by atoms with E-state index in [1.807, 2.05) is 0 Å². The number of benzene rings is 1. The van der Waals surface area contributed by atoms with E-state index in [4.69, 9.17) is 5.26 Å². The largest absolute Gasteiger partial charge is 0.323 e. The second-order valence-electron chi connectivity index (χ2n) is 2.36. The summed E-state index contributed by atoms with van der Waals surface area (Å²) < 4.78 is 12.9. The summed E-state index contributed by atoms with van der Waals surface area (Å²) in [7, 11) is 0. The van der Waals surface area contributed by atoms with Crippen molar-refractivity contribution in [2.24, 2.45) is 0 Å². The third-order valence-electron chi connectivity index (χ3n) is 1.39. The van der Waals surface area contributed by atoms with Gasteiger partial charge in [-0.15, -0.1) is 0 Å². The van der Waals surface area contributed by atoms with E-state index in [1.165, 1.54) is 18.2 Å². The number of anilines is 1. The number of rotatable bonds is 2. The summed E-state index contributed by atoms with van der Waals surface area (Å²) in [5.74, 6) is -1.01. The van der Waals surface area contributed by atoms with Crippen LogP contribution in [0.4, 0.5) is 10.1 Å². The van der Waals surface area contributed by atoms with Gasteiger partial charge in [0.2, 0.25) is 5.91 Å². The first kappa shape index (κ1) is 9.20. The van der Waals surface area contributed by atoms with Crippen molar-refractivity contribution in [3.63, 3.8) is 0 Å². The van der Waals surface area contributed by atoms with Crippen LogP contribution >= 0.6 is 0 Å². The van der Waals surface area contributed by atoms with Gasteiger partial charge in [-0.1, -0.05) is 12.1 Å². The molecule has 0 radical (unpaired) electrons. The van der Waals surface area contributed by atoms with E-state index in [0.29, 0.717) is 0 Å². The molecule has 0 unspecified atom stereocenters. The van der Waals surface area contributed by atoms with Gasteiger partial charge in [-0.05, 0) is 12.1 Å². The van der Waals surface area contributed by atoms with Crippen molar-refractivity contribution in [3.05, 3.63) is 30.1 Å². The van der Waals surface area contributed by atoms with Gasteiger partial charge in [0.05, 0.1) is 11.8 Å². The number of para-hydroxylation sites is 1. The average molecular weight is 178 g/mol. The number of nitrogens with one attached hydrogen (secondary N) is 1. The number of nitrogens with zero attached hydrogens (tertiary/aromatic N) is 1. The van der Waals surface area contributed by atoms with E-state index in [9.17, 15) is 9.18 Å². The van der Waals surface area contributed by atoms with Gasteiger partial charge < -0.3 is 5.32 Å². The Kier molecular flexibility index (Phi) is 2.98. The van der Waals surface area contributed by atoms with Gasteiger partial charge in [0.1, 0.15) is 12.2 Å². The number of carbonyl (C=O) groups excluding carboxylic acids is 1. The number of amides is 1. The molecule has 66 valence electrons. The minimum absolute atomic E-state index is 0.0998. The van der Waals surface area contributed by atoms with Gasteiger partial charge in [0.15, 0.2) is 0 Å². The molecule has 0 aliphatic heterocycles. The lowest BCUT2D eigenvalue weighted by atomic mass is 10.3. The van der Waals surface area contributed by atoms with Crippen LogP contribution in [0.25, 0.3) is 0 Å². The van der Waals surface area contributed by atoms with E-state index >= 15 is 0 Å². The van der Waals surface area contributed by atoms with Gasteiger partial charge in [-0.25, -0.2) is 4.39 Å². The Hall–Kier alpha value is -1.89. The molecular formula is C9H7FN2O. The Morgan fingerprint density at radius 2 is 2.23 bits per heavy atom. The predicted molar refractivity (Wildman–Crippen MR) is 45.3 cm³/mol. The minimum Gasteiger partial charge on any atom is -0.323 e. The Morgan fingerprint density at radius 1 is 1.54 bits per heavy atom. The van der Waals surface area contributed by atoms with Crippen LogP contribution in [-0.4, -0.2) is 5.91 Å². The monoisotopic (exact) mass is 178 g/mol. The van der Waals surface area contributed by atoms with Gasteiger partial charge in [0, 0.05) is 0 Å². The Labute approximate surface area is 74.8 Å². The van der Waals surface area contributed by atoms with Crippen LogP contribution in [0.5, 0.6) is 0 Å². The molecule has 0 aliphatic rings. The molecule has 0 aromatic heterocycles. The lowest BCUT2D eigenvalue weighted by molar-refractivity contribution is -0.115. The first-order valence-electron chi connectivity index (χ1n) is 3.65. The van der Waals surface area contributed by atoms with Crippen LogP contribution in [0.2, 0.25) is 0 Å². The normalized spacial score (nSPS) is 8.92. The molecule has 0 spiro atoms. The molecule has 1 N–H and O–H groups in total. The molecule has 0 atom stereocenters. The highest BCUT2D eigenvalue weighted by Crippen LogP contribution is 2.12. The Morgan fingerprint density at radius 3 is 2.85 bits per heavy atom. The van der Waals surface area contributed by atoms with Crippen molar-refractivity contribution in [2.75, 3.05) is 5.32 Å². The molecule has 3 nitrogen and oxygen atoms in total. The third-order valence-corrected chi connectivity index (χ3v) is 1.39. The topological polar surface area (TPSA) is 52.9 Å². The van der Waals surface area contributed by atoms with E-state index in [1.54, 1.807) is 12.1 Å². The Balaban J connectivity index is 2.70. The van der Waals surface area contributed by atoms with Crippen molar-refractivity contribution >= 4 is 11.6 Å². The molecule has 13 heavy (non-hydrogen) atoms. The minimum atomic E-state index is -0.507. The zero-order chi connectivity index (χ0) is 9.68. The van der Waals surface area contributed by atoms with Crippen molar-refractivity contribution in [1.82, 2.24) is 0 Å². The van der Waals surface area contributed by atoms with Gasteiger partial charge in [-0.3, -0.25) is 4.79 Å². The first-order valence-corrected chi connectivity index (χ1v) is 3.65. The van der Waals surface area contributed by atoms with Crippen LogP contribution in [-0.2, 0) is 4.79 Å². The van der Waals surface area contributed by atoms with Crippen LogP contribution in [0.1, 0.15) is 6.42 Å². The fourth-order valence-electron chi connectivity index (χ4n) is 0.829. The van der Waals surface area contributed by atoms with Gasteiger partial charge >= 0.3 is 0 Å². The Bertz CT molecular complexity index is 357. The summed E-state index contributed by atoms with van der Waals surface area (Å²) >= 11 is 0. The lowest BCUT2D eigenvalue weighted by Gasteiger charge is -2.02. The molecule has 4 heteroatoms. The number of nitriles is 1. The molecule has 0 heterocycles. The molecule has 1 amide bonds. The number of halogens is 1. The zero-order valence-electron chi connectivity index (χ0n) is 6.75. The lowest BCUT2D eigenvalue weighted by Crippen LogP contribution is -2.11. The zero-order valence-corrected chi connectivity index (χ0v) is 6.75. The summed E-state index contributed by atoms with van der Waals surface area (Å²) in [5, 5.41) is 10.5. The van der Waals surface area contributed by atoms with Crippen molar-refractivity contribution in [1.29, 1.82) is 5.26 Å². The van der Waals surface area contributed by atoms with E-state index in [2.05, 4.69) is 5.32 Å². The molecular weight excluding hydrogens is 171 g/mol. The van der Waals surface area contributed by atoms with E-state index in [0.717, 1.165) is 0 Å². The van der Waals surface area contributed by atoms with Crippen LogP contribution in [0, 0.1) is 17.1 Å². The van der Waals surface area contributed by atoms with Crippen LogP contribution < -0.4 is 5.32 Å².